The monoisotopic (exact) mass is 479 g/mol. The van der Waals surface area contributed by atoms with E-state index < -0.39 is 0 Å². The van der Waals surface area contributed by atoms with E-state index in [-0.39, 0.29) is 0 Å². The first kappa shape index (κ1) is 19.1. The summed E-state index contributed by atoms with van der Waals surface area (Å²) in [4.78, 5) is 0. The molecule has 0 aliphatic heterocycles. The van der Waals surface area contributed by atoms with Crippen molar-refractivity contribution in [1.82, 2.24) is 0 Å². The molecule has 1 heteroatoms. The molecule has 8 rings (SSSR count). The third-order valence-corrected chi connectivity index (χ3v) is 10.8. The fraction of sp³-hybridized carbons (Fsp3) is 0.400. The van der Waals surface area contributed by atoms with Crippen LogP contribution in [0.15, 0.2) is 66.2 Å². The first-order valence-corrected chi connectivity index (χ1v) is 13.7. The molecule has 0 saturated heterocycles. The van der Waals surface area contributed by atoms with Crippen LogP contribution in [0.4, 0.5) is 0 Å². The summed E-state index contributed by atoms with van der Waals surface area (Å²) in [6.45, 7) is 0. The summed E-state index contributed by atoms with van der Waals surface area (Å²) in [7, 11) is 0. The van der Waals surface area contributed by atoms with E-state index in [1.807, 2.05) is 0 Å². The Morgan fingerprint density at radius 3 is 2.19 bits per heavy atom. The summed E-state index contributed by atoms with van der Waals surface area (Å²) in [6, 6.07) is 22.7. The standard InChI is InChI=1S/C30H29.Zr/c1-2-8-26-22(5-1)6-3-9-27(26)28-10-4-7-23-12-21(18-30(23)28)17-29-24-13-19-11-20(15-24)16-25(29)14-19;/h1-10,12,18-20,24-25,29H,11,13-17H2;. The second-order valence-electron chi connectivity index (χ2n) is 10.8. The van der Waals surface area contributed by atoms with Crippen molar-refractivity contribution in [3.63, 3.8) is 0 Å². The Morgan fingerprint density at radius 2 is 1.39 bits per heavy atom. The molecule has 3 aromatic carbocycles. The molecule has 4 fully saturated rings. The zero-order valence-corrected chi connectivity index (χ0v) is 20.5. The molecular weight excluding hydrogens is 452 g/mol. The van der Waals surface area contributed by atoms with Crippen molar-refractivity contribution in [3.8, 4) is 11.1 Å². The van der Waals surface area contributed by atoms with E-state index in [1.54, 1.807) is 68.0 Å². The molecule has 31 heavy (non-hydrogen) atoms. The Hall–Kier alpha value is -1.46. The maximum atomic E-state index is 2.62. The van der Waals surface area contributed by atoms with Crippen molar-refractivity contribution in [2.45, 2.75) is 42.2 Å². The van der Waals surface area contributed by atoms with Crippen LogP contribution < -0.4 is 0 Å². The van der Waals surface area contributed by atoms with Crippen LogP contribution in [0.3, 0.4) is 0 Å². The summed E-state index contributed by atoms with van der Waals surface area (Å²) < 4.78 is 0.661. The average Bonchev–Trinajstić information content (AvgIpc) is 3.11. The van der Waals surface area contributed by atoms with Gasteiger partial charge in [-0.1, -0.05) is 0 Å². The molecule has 0 N–H and O–H groups in total. The summed E-state index contributed by atoms with van der Waals surface area (Å²) in [6.07, 6.45) is 11.7. The fourth-order valence-electron chi connectivity index (χ4n) is 7.98. The van der Waals surface area contributed by atoms with Crippen molar-refractivity contribution >= 4 is 16.8 Å². The Bertz CT molecular complexity index is 1170. The van der Waals surface area contributed by atoms with Crippen LogP contribution >= 0.6 is 0 Å². The predicted octanol–water partition coefficient (Wildman–Crippen LogP) is 7.95. The van der Waals surface area contributed by atoms with Crippen molar-refractivity contribution < 1.29 is 24.7 Å². The Kier molecular flexibility index (Phi) is 4.47. The molecule has 5 aliphatic rings. The van der Waals surface area contributed by atoms with E-state index in [2.05, 4.69) is 66.7 Å². The molecule has 0 nitrogen and oxygen atoms in total. The van der Waals surface area contributed by atoms with E-state index in [0.29, 0.717) is 3.63 Å². The number of rotatable bonds is 3. The van der Waals surface area contributed by atoms with Gasteiger partial charge in [0.25, 0.3) is 0 Å². The van der Waals surface area contributed by atoms with Gasteiger partial charge in [0.05, 0.1) is 0 Å². The Morgan fingerprint density at radius 1 is 0.710 bits per heavy atom. The van der Waals surface area contributed by atoms with Gasteiger partial charge in [-0.3, -0.25) is 0 Å². The van der Waals surface area contributed by atoms with E-state index in [1.165, 1.54) is 33.9 Å². The molecule has 0 heterocycles. The topological polar surface area (TPSA) is 0 Å². The molecule has 0 amide bonds. The number of hydrogen-bond donors (Lipinski definition) is 0. The first-order chi connectivity index (χ1) is 15.2. The van der Waals surface area contributed by atoms with Gasteiger partial charge in [0.1, 0.15) is 0 Å². The summed E-state index contributed by atoms with van der Waals surface area (Å²) in [5.74, 6) is 5.19. The maximum absolute atomic E-state index is 2.62. The Balaban J connectivity index is 1.27. The fourth-order valence-corrected chi connectivity index (χ4v) is 9.09. The normalized spacial score (nSPS) is 32.9. The minimum atomic E-state index is 0.661. The van der Waals surface area contributed by atoms with Gasteiger partial charge < -0.3 is 0 Å². The van der Waals surface area contributed by atoms with Crippen molar-refractivity contribution in [1.29, 1.82) is 0 Å². The van der Waals surface area contributed by atoms with Gasteiger partial charge >= 0.3 is 202 Å². The molecule has 0 radical (unpaired) electrons. The van der Waals surface area contributed by atoms with Crippen molar-refractivity contribution in [3.05, 3.63) is 77.4 Å². The van der Waals surface area contributed by atoms with Crippen LogP contribution in [0.5, 0.6) is 0 Å². The third-order valence-electron chi connectivity index (χ3n) is 9.12. The van der Waals surface area contributed by atoms with Gasteiger partial charge in [-0.2, -0.15) is 0 Å². The zero-order chi connectivity index (χ0) is 20.5. The van der Waals surface area contributed by atoms with Gasteiger partial charge in [-0.15, -0.1) is 0 Å². The Labute approximate surface area is 201 Å². The van der Waals surface area contributed by atoms with Crippen LogP contribution in [-0.2, 0) is 24.7 Å². The first-order valence-electron chi connectivity index (χ1n) is 12.3. The summed E-state index contributed by atoms with van der Waals surface area (Å²) >= 11 is 1.66. The number of fused-ring (bicyclic) bond motifs is 2. The van der Waals surface area contributed by atoms with E-state index in [9.17, 15) is 0 Å². The van der Waals surface area contributed by atoms with Gasteiger partial charge in [0.15, 0.2) is 0 Å². The molecule has 0 aromatic heterocycles. The van der Waals surface area contributed by atoms with Gasteiger partial charge in [-0.05, 0) is 0 Å². The molecule has 5 aliphatic carbocycles. The predicted molar refractivity (Wildman–Crippen MR) is 125 cm³/mol. The van der Waals surface area contributed by atoms with Gasteiger partial charge in [0, 0.05) is 0 Å². The molecule has 4 bridgehead atoms. The number of benzene rings is 3. The second kappa shape index (κ2) is 7.28. The second-order valence-corrected chi connectivity index (χ2v) is 12.2. The average molecular weight is 481 g/mol. The molecule has 1 atom stereocenters. The van der Waals surface area contributed by atoms with E-state index in [4.69, 9.17) is 0 Å². The van der Waals surface area contributed by atoms with Crippen molar-refractivity contribution in [2.75, 3.05) is 0 Å². The van der Waals surface area contributed by atoms with Crippen LogP contribution in [0, 0.1) is 29.6 Å². The molecular formula is C30H29Zr. The summed E-state index contributed by atoms with van der Waals surface area (Å²) in [5.41, 5.74) is 7.67. The number of hydrogen-bond acceptors (Lipinski definition) is 0. The van der Waals surface area contributed by atoms with Crippen LogP contribution in [0.25, 0.3) is 28.0 Å². The third kappa shape index (κ3) is 3.02. The quantitative estimate of drug-likeness (QED) is 0.357. The number of allylic oxidation sites excluding steroid dienone is 1. The molecule has 4 saturated carbocycles. The van der Waals surface area contributed by atoms with Crippen LogP contribution in [0.1, 0.15) is 53.3 Å². The van der Waals surface area contributed by atoms with Gasteiger partial charge in [-0.25, -0.2) is 0 Å². The van der Waals surface area contributed by atoms with Crippen molar-refractivity contribution in [2.24, 2.45) is 29.6 Å². The summed E-state index contributed by atoms with van der Waals surface area (Å²) in [5, 5.41) is 2.72. The SMILES string of the molecule is [Zr][CH]1C(CC2C3CC4CC(C3)CC2C4)=Cc2c(-c3cccc4ccccc34)cccc21. The van der Waals surface area contributed by atoms with Gasteiger partial charge in [0.2, 0.25) is 0 Å². The zero-order valence-electron chi connectivity index (χ0n) is 18.1. The van der Waals surface area contributed by atoms with Crippen LogP contribution in [0.2, 0.25) is 0 Å². The molecule has 153 valence electrons. The van der Waals surface area contributed by atoms with Crippen LogP contribution in [-0.4, -0.2) is 0 Å². The van der Waals surface area contributed by atoms with E-state index >= 15 is 0 Å². The minimum absolute atomic E-state index is 0.661. The van der Waals surface area contributed by atoms with E-state index in [0.717, 1.165) is 29.6 Å². The molecule has 0 spiro atoms. The molecule has 3 aromatic rings. The molecule has 1 unspecified atom stereocenters.